The first-order chi connectivity index (χ1) is 9.31. The van der Waals surface area contributed by atoms with Crippen molar-refractivity contribution < 1.29 is 0 Å². The molecular formula is C16H27N3. The molecule has 1 fully saturated rings. The van der Waals surface area contributed by atoms with Gasteiger partial charge in [0, 0.05) is 25.8 Å². The highest BCUT2D eigenvalue weighted by Gasteiger charge is 2.13. The molecule has 0 unspecified atom stereocenters. The van der Waals surface area contributed by atoms with E-state index in [-0.39, 0.29) is 0 Å². The second-order valence-corrected chi connectivity index (χ2v) is 5.56. The molecule has 19 heavy (non-hydrogen) atoms. The summed E-state index contributed by atoms with van der Waals surface area (Å²) in [6, 6.07) is 2.29. The predicted octanol–water partition coefficient (Wildman–Crippen LogP) is 3.27. The Labute approximate surface area is 117 Å². The molecular weight excluding hydrogens is 234 g/mol. The van der Waals surface area contributed by atoms with E-state index in [2.05, 4.69) is 30.1 Å². The molecule has 0 amide bonds. The van der Waals surface area contributed by atoms with E-state index in [4.69, 9.17) is 4.98 Å². The van der Waals surface area contributed by atoms with Crippen LogP contribution in [-0.2, 0) is 6.54 Å². The number of aromatic nitrogens is 1. The van der Waals surface area contributed by atoms with Gasteiger partial charge in [-0.05, 0) is 49.9 Å². The number of nitrogens with zero attached hydrogens (tertiary/aromatic N) is 2. The van der Waals surface area contributed by atoms with Crippen molar-refractivity contribution >= 4 is 5.82 Å². The Morgan fingerprint density at radius 2 is 1.95 bits per heavy atom. The summed E-state index contributed by atoms with van der Waals surface area (Å²) < 4.78 is 0. The van der Waals surface area contributed by atoms with Crippen LogP contribution in [0.25, 0.3) is 0 Å². The van der Waals surface area contributed by atoms with Gasteiger partial charge in [-0.2, -0.15) is 0 Å². The van der Waals surface area contributed by atoms with Crippen LogP contribution < -0.4 is 10.2 Å². The lowest BCUT2D eigenvalue weighted by atomic mass is 10.2. The van der Waals surface area contributed by atoms with Crippen LogP contribution in [0.4, 0.5) is 5.82 Å². The quantitative estimate of drug-likeness (QED) is 0.825. The van der Waals surface area contributed by atoms with Crippen molar-refractivity contribution in [2.24, 2.45) is 0 Å². The number of anilines is 1. The molecule has 3 heteroatoms. The van der Waals surface area contributed by atoms with E-state index >= 15 is 0 Å². The van der Waals surface area contributed by atoms with Crippen LogP contribution in [0.2, 0.25) is 0 Å². The van der Waals surface area contributed by atoms with Crippen LogP contribution in [0.15, 0.2) is 12.3 Å². The topological polar surface area (TPSA) is 28.2 Å². The first-order valence-electron chi connectivity index (χ1n) is 7.72. The van der Waals surface area contributed by atoms with Crippen molar-refractivity contribution in [2.75, 3.05) is 24.5 Å². The van der Waals surface area contributed by atoms with Crippen LogP contribution in [0.1, 0.15) is 50.2 Å². The van der Waals surface area contributed by atoms with Crippen molar-refractivity contribution in [1.29, 1.82) is 0 Å². The molecule has 2 heterocycles. The van der Waals surface area contributed by atoms with E-state index in [1.807, 2.05) is 6.20 Å². The Bertz CT molecular complexity index is 382. The monoisotopic (exact) mass is 261 g/mol. The highest BCUT2D eigenvalue weighted by molar-refractivity contribution is 5.47. The van der Waals surface area contributed by atoms with E-state index in [1.165, 1.54) is 62.1 Å². The van der Waals surface area contributed by atoms with Crippen LogP contribution >= 0.6 is 0 Å². The summed E-state index contributed by atoms with van der Waals surface area (Å²) in [5, 5.41) is 3.43. The van der Waals surface area contributed by atoms with Crippen LogP contribution in [0, 0.1) is 6.92 Å². The molecule has 1 aliphatic heterocycles. The minimum Gasteiger partial charge on any atom is -0.356 e. The number of rotatable bonds is 5. The van der Waals surface area contributed by atoms with E-state index in [1.54, 1.807) is 0 Å². The lowest BCUT2D eigenvalue weighted by Gasteiger charge is -2.23. The normalized spacial score (nSPS) is 16.4. The standard InChI is InChI=1S/C16H27N3/c1-3-8-17-12-15-11-14(2)16(18-13-15)19-9-6-4-5-7-10-19/h11,13,17H,3-10,12H2,1-2H3. The van der Waals surface area contributed by atoms with Crippen molar-refractivity contribution in [3.05, 3.63) is 23.4 Å². The minimum atomic E-state index is 0.932. The Morgan fingerprint density at radius 1 is 1.21 bits per heavy atom. The van der Waals surface area contributed by atoms with Gasteiger partial charge in [-0.25, -0.2) is 4.98 Å². The highest BCUT2D eigenvalue weighted by atomic mass is 15.2. The van der Waals surface area contributed by atoms with Crippen LogP contribution in [0.3, 0.4) is 0 Å². The van der Waals surface area contributed by atoms with Crippen molar-refractivity contribution in [2.45, 2.75) is 52.5 Å². The Kier molecular flexibility index (Phi) is 5.64. The van der Waals surface area contributed by atoms with Gasteiger partial charge in [-0.1, -0.05) is 19.8 Å². The fourth-order valence-electron chi connectivity index (χ4n) is 2.75. The van der Waals surface area contributed by atoms with Gasteiger partial charge in [-0.3, -0.25) is 0 Å². The van der Waals surface area contributed by atoms with E-state index in [0.717, 1.165) is 13.1 Å². The number of pyridine rings is 1. The average molecular weight is 261 g/mol. The molecule has 0 atom stereocenters. The molecule has 1 saturated heterocycles. The summed E-state index contributed by atoms with van der Waals surface area (Å²) in [5.41, 5.74) is 2.61. The van der Waals surface area contributed by atoms with Crippen molar-refractivity contribution in [3.63, 3.8) is 0 Å². The molecule has 0 aromatic carbocycles. The Morgan fingerprint density at radius 3 is 2.58 bits per heavy atom. The summed E-state index contributed by atoms with van der Waals surface area (Å²) >= 11 is 0. The summed E-state index contributed by atoms with van der Waals surface area (Å²) in [5.74, 6) is 1.20. The summed E-state index contributed by atoms with van der Waals surface area (Å²) in [6.07, 6.45) is 8.57. The molecule has 1 aromatic heterocycles. The van der Waals surface area contributed by atoms with Gasteiger partial charge in [0.2, 0.25) is 0 Å². The molecule has 0 radical (unpaired) electrons. The van der Waals surface area contributed by atoms with Crippen molar-refractivity contribution in [1.82, 2.24) is 10.3 Å². The molecule has 1 aromatic rings. The fourth-order valence-corrected chi connectivity index (χ4v) is 2.75. The fraction of sp³-hybridized carbons (Fsp3) is 0.688. The predicted molar refractivity (Wildman–Crippen MR) is 81.7 cm³/mol. The summed E-state index contributed by atoms with van der Waals surface area (Å²) in [6.45, 7) is 8.73. The molecule has 0 saturated carbocycles. The third kappa shape index (κ3) is 4.20. The zero-order valence-electron chi connectivity index (χ0n) is 12.4. The van der Waals surface area contributed by atoms with Crippen LogP contribution in [0.5, 0.6) is 0 Å². The summed E-state index contributed by atoms with van der Waals surface area (Å²) in [7, 11) is 0. The third-order valence-electron chi connectivity index (χ3n) is 3.77. The maximum absolute atomic E-state index is 4.71. The second-order valence-electron chi connectivity index (χ2n) is 5.56. The third-order valence-corrected chi connectivity index (χ3v) is 3.77. The molecule has 1 aliphatic rings. The molecule has 3 nitrogen and oxygen atoms in total. The van der Waals surface area contributed by atoms with Gasteiger partial charge < -0.3 is 10.2 Å². The number of hydrogen-bond acceptors (Lipinski definition) is 3. The van der Waals surface area contributed by atoms with E-state index in [0.29, 0.717) is 0 Å². The summed E-state index contributed by atoms with van der Waals surface area (Å²) in [4.78, 5) is 7.17. The van der Waals surface area contributed by atoms with E-state index < -0.39 is 0 Å². The zero-order chi connectivity index (χ0) is 13.5. The highest BCUT2D eigenvalue weighted by Crippen LogP contribution is 2.21. The first-order valence-corrected chi connectivity index (χ1v) is 7.72. The zero-order valence-corrected chi connectivity index (χ0v) is 12.4. The minimum absolute atomic E-state index is 0.932. The van der Waals surface area contributed by atoms with Crippen LogP contribution in [-0.4, -0.2) is 24.6 Å². The molecule has 2 rings (SSSR count). The van der Waals surface area contributed by atoms with Gasteiger partial charge in [-0.15, -0.1) is 0 Å². The molecule has 0 spiro atoms. The largest absolute Gasteiger partial charge is 0.356 e. The smallest absolute Gasteiger partial charge is 0.131 e. The van der Waals surface area contributed by atoms with E-state index in [9.17, 15) is 0 Å². The maximum atomic E-state index is 4.71. The van der Waals surface area contributed by atoms with Crippen molar-refractivity contribution in [3.8, 4) is 0 Å². The lowest BCUT2D eigenvalue weighted by molar-refractivity contribution is 0.673. The average Bonchev–Trinajstić information content (AvgIpc) is 2.68. The second kappa shape index (κ2) is 7.49. The van der Waals surface area contributed by atoms with Gasteiger partial charge in [0.25, 0.3) is 0 Å². The Hall–Kier alpha value is -1.09. The SMILES string of the molecule is CCCNCc1cnc(N2CCCCCC2)c(C)c1. The van der Waals surface area contributed by atoms with Gasteiger partial charge in [0.05, 0.1) is 0 Å². The number of aryl methyl sites for hydroxylation is 1. The maximum Gasteiger partial charge on any atom is 0.131 e. The van der Waals surface area contributed by atoms with Gasteiger partial charge in [0.1, 0.15) is 5.82 Å². The first kappa shape index (κ1) is 14.3. The number of hydrogen-bond donors (Lipinski definition) is 1. The molecule has 1 N–H and O–H groups in total. The lowest BCUT2D eigenvalue weighted by Crippen LogP contribution is -2.26. The molecule has 0 aliphatic carbocycles. The molecule has 0 bridgehead atoms. The van der Waals surface area contributed by atoms with Gasteiger partial charge in [0.15, 0.2) is 0 Å². The molecule has 106 valence electrons. The Balaban J connectivity index is 2.01. The number of nitrogens with one attached hydrogen (secondary N) is 1. The van der Waals surface area contributed by atoms with Gasteiger partial charge >= 0.3 is 0 Å².